The molecule has 3 aromatic rings. The van der Waals surface area contributed by atoms with Gasteiger partial charge < -0.3 is 19.9 Å². The molecular formula is C35H47N5O4. The quantitative estimate of drug-likeness (QED) is 0.197. The first-order valence-corrected chi connectivity index (χ1v) is 15.4. The zero-order valence-corrected chi connectivity index (χ0v) is 25.3. The molecule has 0 radical (unpaired) electrons. The number of likely N-dealkylation sites (tertiary alicyclic amines) is 1. The molecule has 9 nitrogen and oxygen atoms in total. The summed E-state index contributed by atoms with van der Waals surface area (Å²) in [6, 6.07) is 24.4. The fourth-order valence-corrected chi connectivity index (χ4v) is 5.77. The molecule has 2 heterocycles. The van der Waals surface area contributed by atoms with Crippen LogP contribution in [0.2, 0.25) is 0 Å². The predicted molar refractivity (Wildman–Crippen MR) is 179 cm³/mol. The Labute approximate surface area is 262 Å². The minimum Gasteiger partial charge on any atom is -0.486 e. The number of hydrogen-bond donors (Lipinski definition) is 1. The maximum absolute atomic E-state index is 13.0. The fraction of sp³-hybridized carbons (Fsp3) is 0.457. The van der Waals surface area contributed by atoms with Crippen molar-refractivity contribution in [3.8, 4) is 16.9 Å². The molecule has 236 valence electrons. The second-order valence-corrected chi connectivity index (χ2v) is 11.9. The number of nitrogens with zero attached hydrogens (tertiary/aromatic N) is 4. The van der Waals surface area contributed by atoms with E-state index in [4.69, 9.17) is 4.74 Å². The Morgan fingerprint density at radius 2 is 1.59 bits per heavy atom. The summed E-state index contributed by atoms with van der Waals surface area (Å²) >= 11 is 0. The number of carbonyl (C=O) groups is 1. The van der Waals surface area contributed by atoms with Gasteiger partial charge in [-0.25, -0.2) is 0 Å². The van der Waals surface area contributed by atoms with Gasteiger partial charge in [0.15, 0.2) is 5.75 Å². The van der Waals surface area contributed by atoms with Crippen LogP contribution in [0.15, 0.2) is 72.8 Å². The van der Waals surface area contributed by atoms with Gasteiger partial charge in [-0.05, 0) is 48.1 Å². The van der Waals surface area contributed by atoms with E-state index in [0.29, 0.717) is 26.1 Å². The molecule has 0 bridgehead atoms. The lowest BCUT2D eigenvalue weighted by atomic mass is 10.0. The van der Waals surface area contributed by atoms with Crippen LogP contribution >= 0.6 is 0 Å². The van der Waals surface area contributed by atoms with Gasteiger partial charge in [0.25, 0.3) is 0 Å². The third-order valence-corrected chi connectivity index (χ3v) is 8.30. The van der Waals surface area contributed by atoms with Crippen LogP contribution in [0.4, 0.5) is 17.1 Å². The average Bonchev–Trinajstić information content (AvgIpc) is 3.03. The monoisotopic (exact) mass is 601 g/mol. The molecular weight excluding hydrogens is 554 g/mol. The van der Waals surface area contributed by atoms with E-state index in [1.54, 1.807) is 12.1 Å². The Bertz CT molecular complexity index is 1350. The van der Waals surface area contributed by atoms with Crippen LogP contribution in [0.25, 0.3) is 11.1 Å². The Morgan fingerprint density at radius 1 is 0.932 bits per heavy atom. The van der Waals surface area contributed by atoms with Gasteiger partial charge in [-0.15, -0.1) is 0 Å². The number of benzene rings is 3. The van der Waals surface area contributed by atoms with Crippen LogP contribution in [0.5, 0.6) is 5.75 Å². The number of ether oxygens (including phenoxy) is 1. The zero-order valence-electron chi connectivity index (χ0n) is 25.3. The van der Waals surface area contributed by atoms with Gasteiger partial charge in [0.1, 0.15) is 0 Å². The van der Waals surface area contributed by atoms with Crippen LogP contribution < -0.4 is 15.0 Å². The SMILES string of the molecule is C.CC(C)COc1cc(NC2CCN(C(=O)CCN3CCN(c4ccc(-c5ccccc5)cc4)CC3)CC2)ccc1[N+](=O)[O-]. The Balaban J connectivity index is 0.00000442. The van der Waals surface area contributed by atoms with Gasteiger partial charge in [0.05, 0.1) is 11.5 Å². The number of rotatable bonds is 11. The number of nitro benzene ring substituents is 1. The molecule has 2 saturated heterocycles. The molecule has 0 aliphatic carbocycles. The van der Waals surface area contributed by atoms with Crippen molar-refractivity contribution >= 4 is 23.0 Å². The lowest BCUT2D eigenvalue weighted by Gasteiger charge is -2.37. The van der Waals surface area contributed by atoms with Crippen molar-refractivity contribution in [2.24, 2.45) is 5.92 Å². The lowest BCUT2D eigenvalue weighted by Crippen LogP contribution is -2.48. The minimum atomic E-state index is -0.409. The number of piperazine rings is 1. The third-order valence-electron chi connectivity index (χ3n) is 8.30. The number of carbonyl (C=O) groups excluding carboxylic acids is 1. The number of hydrogen-bond acceptors (Lipinski definition) is 7. The normalized spacial score (nSPS) is 16.0. The highest BCUT2D eigenvalue weighted by atomic mass is 16.6. The second kappa shape index (κ2) is 15.6. The van der Waals surface area contributed by atoms with Crippen molar-refractivity contribution in [3.05, 3.63) is 82.9 Å². The molecule has 44 heavy (non-hydrogen) atoms. The summed E-state index contributed by atoms with van der Waals surface area (Å²) in [5.41, 5.74) is 4.49. The highest BCUT2D eigenvalue weighted by Gasteiger charge is 2.25. The maximum Gasteiger partial charge on any atom is 0.311 e. The maximum atomic E-state index is 13.0. The average molecular weight is 602 g/mol. The molecule has 1 N–H and O–H groups in total. The molecule has 0 aromatic heterocycles. The molecule has 0 atom stereocenters. The van der Waals surface area contributed by atoms with Gasteiger partial charge >= 0.3 is 5.69 Å². The van der Waals surface area contributed by atoms with Crippen LogP contribution in [0.3, 0.4) is 0 Å². The van der Waals surface area contributed by atoms with Gasteiger partial charge in [-0.2, -0.15) is 0 Å². The molecule has 3 aromatic carbocycles. The van der Waals surface area contributed by atoms with E-state index in [2.05, 4.69) is 63.6 Å². The first-order chi connectivity index (χ1) is 20.9. The molecule has 0 unspecified atom stereocenters. The third kappa shape index (κ3) is 8.72. The Hall–Kier alpha value is -4.11. The van der Waals surface area contributed by atoms with Crippen molar-refractivity contribution in [3.63, 3.8) is 0 Å². The number of nitro groups is 1. The van der Waals surface area contributed by atoms with E-state index < -0.39 is 4.92 Å². The summed E-state index contributed by atoms with van der Waals surface area (Å²) in [6.45, 7) is 10.5. The highest BCUT2D eigenvalue weighted by Crippen LogP contribution is 2.31. The smallest absolute Gasteiger partial charge is 0.311 e. The lowest BCUT2D eigenvalue weighted by molar-refractivity contribution is -0.385. The van der Waals surface area contributed by atoms with E-state index in [1.165, 1.54) is 22.9 Å². The minimum absolute atomic E-state index is 0. The summed E-state index contributed by atoms with van der Waals surface area (Å²) < 4.78 is 5.72. The number of anilines is 2. The molecule has 2 aliphatic rings. The van der Waals surface area contributed by atoms with Crippen molar-refractivity contribution in [2.45, 2.75) is 46.6 Å². The van der Waals surface area contributed by atoms with Crippen molar-refractivity contribution in [2.75, 3.05) is 62.6 Å². The zero-order chi connectivity index (χ0) is 30.2. The van der Waals surface area contributed by atoms with Crippen molar-refractivity contribution in [1.29, 1.82) is 0 Å². The van der Waals surface area contributed by atoms with E-state index in [9.17, 15) is 14.9 Å². The summed E-state index contributed by atoms with van der Waals surface area (Å²) in [6.07, 6.45) is 2.22. The molecule has 2 aliphatic heterocycles. The van der Waals surface area contributed by atoms with Gasteiger partial charge in [-0.3, -0.25) is 19.8 Å². The van der Waals surface area contributed by atoms with Crippen LogP contribution in [0, 0.1) is 16.0 Å². The van der Waals surface area contributed by atoms with Crippen LogP contribution in [-0.2, 0) is 4.79 Å². The number of amides is 1. The largest absolute Gasteiger partial charge is 0.486 e. The van der Waals surface area contributed by atoms with Crippen molar-refractivity contribution in [1.82, 2.24) is 9.80 Å². The Morgan fingerprint density at radius 3 is 2.23 bits per heavy atom. The van der Waals surface area contributed by atoms with Crippen molar-refractivity contribution < 1.29 is 14.5 Å². The molecule has 1 amide bonds. The van der Waals surface area contributed by atoms with Crippen LogP contribution in [0.1, 0.15) is 40.5 Å². The second-order valence-electron chi connectivity index (χ2n) is 11.9. The van der Waals surface area contributed by atoms with E-state index in [0.717, 1.165) is 51.3 Å². The number of piperidine rings is 1. The molecule has 9 heteroatoms. The molecule has 2 fully saturated rings. The highest BCUT2D eigenvalue weighted by molar-refractivity contribution is 5.76. The van der Waals surface area contributed by atoms with E-state index >= 15 is 0 Å². The Kier molecular flexibility index (Phi) is 11.6. The predicted octanol–water partition coefficient (Wildman–Crippen LogP) is 6.55. The topological polar surface area (TPSA) is 91.2 Å². The van der Waals surface area contributed by atoms with Crippen LogP contribution in [-0.4, -0.2) is 79.1 Å². The first-order valence-electron chi connectivity index (χ1n) is 15.4. The summed E-state index contributed by atoms with van der Waals surface area (Å²) in [5, 5.41) is 14.9. The van der Waals surface area contributed by atoms with Gasteiger partial charge in [0.2, 0.25) is 5.91 Å². The fourth-order valence-electron chi connectivity index (χ4n) is 5.77. The van der Waals surface area contributed by atoms with E-state index in [1.807, 2.05) is 24.8 Å². The molecule has 0 saturated carbocycles. The summed E-state index contributed by atoms with van der Waals surface area (Å²) in [5.74, 6) is 0.779. The first kappa shape index (κ1) is 32.8. The molecule has 0 spiro atoms. The molecule has 5 rings (SSSR count). The van der Waals surface area contributed by atoms with Gasteiger partial charge in [0, 0.05) is 81.8 Å². The number of nitrogens with one attached hydrogen (secondary N) is 1. The summed E-state index contributed by atoms with van der Waals surface area (Å²) in [4.78, 5) is 30.8. The van der Waals surface area contributed by atoms with E-state index in [-0.39, 0.29) is 36.7 Å². The summed E-state index contributed by atoms with van der Waals surface area (Å²) in [7, 11) is 0. The standard InChI is InChI=1S/C34H43N5O4.CH4/c1-26(2)25-43-33-24-30(10-13-32(33)39(41)42)35-29-14-18-38(19-15-29)34(40)16-17-36-20-22-37(23-21-36)31-11-8-28(9-12-31)27-6-4-3-5-7-27;/h3-13,24,26,29,35H,14-23,25H2,1-2H3;1H4. The van der Waals surface area contributed by atoms with Gasteiger partial charge in [-0.1, -0.05) is 63.7 Å².